The lowest BCUT2D eigenvalue weighted by Crippen LogP contribution is -2.19. The molecule has 15 heavy (non-hydrogen) atoms. The molecule has 0 N–H and O–H groups in total. The van der Waals surface area contributed by atoms with Crippen molar-refractivity contribution in [2.24, 2.45) is 0 Å². The van der Waals surface area contributed by atoms with Gasteiger partial charge in [-0.05, 0) is 12.0 Å². The number of methoxy groups -OCH3 is 1. The first-order valence-electron chi connectivity index (χ1n) is 4.41. The van der Waals surface area contributed by atoms with Crippen molar-refractivity contribution in [1.29, 1.82) is 0 Å². The van der Waals surface area contributed by atoms with Crippen LogP contribution in [0.4, 0.5) is 0 Å². The maximum Gasteiger partial charge on any atom is 0.338 e. The first-order chi connectivity index (χ1) is 7.03. The van der Waals surface area contributed by atoms with Gasteiger partial charge >= 0.3 is 5.97 Å². The number of fused-ring (bicyclic) bond motifs is 1. The van der Waals surface area contributed by atoms with E-state index in [9.17, 15) is 13.2 Å². The summed E-state index contributed by atoms with van der Waals surface area (Å²) in [4.78, 5) is 12.1. The zero-order chi connectivity index (χ0) is 11.1. The van der Waals surface area contributed by atoms with E-state index in [-0.39, 0.29) is 17.5 Å². The lowest BCUT2D eigenvalue weighted by molar-refractivity contribution is 0.0600. The molecule has 1 aliphatic heterocycles. The van der Waals surface area contributed by atoms with Crippen molar-refractivity contribution in [1.82, 2.24) is 0 Å². The molecular weight excluding hydrogens is 236 g/mol. The zero-order valence-corrected chi connectivity index (χ0v) is 9.78. The highest BCUT2D eigenvalue weighted by atomic mass is 32.2. The molecule has 1 aromatic rings. The second kappa shape index (κ2) is 3.61. The normalized spacial score (nSPS) is 18.2. The summed E-state index contributed by atoms with van der Waals surface area (Å²) in [6.45, 7) is 0. The van der Waals surface area contributed by atoms with E-state index in [2.05, 4.69) is 4.74 Å². The van der Waals surface area contributed by atoms with E-state index in [1.807, 2.05) is 0 Å². The summed E-state index contributed by atoms with van der Waals surface area (Å²) in [6, 6.07) is 0. The van der Waals surface area contributed by atoms with Crippen LogP contribution in [-0.2, 0) is 26.7 Å². The number of carbonyl (C=O) groups excluding carboxylic acids is 1. The van der Waals surface area contributed by atoms with E-state index in [1.54, 1.807) is 5.38 Å². The predicted molar refractivity (Wildman–Crippen MR) is 56.9 cm³/mol. The highest BCUT2D eigenvalue weighted by Crippen LogP contribution is 2.30. The molecular formula is C9H10O4S2. The van der Waals surface area contributed by atoms with Crippen LogP contribution in [-0.4, -0.2) is 27.2 Å². The quantitative estimate of drug-likeness (QED) is 0.694. The van der Waals surface area contributed by atoms with Crippen molar-refractivity contribution in [3.05, 3.63) is 21.4 Å². The molecule has 0 atom stereocenters. The highest BCUT2D eigenvalue weighted by molar-refractivity contribution is 7.90. The first kappa shape index (κ1) is 10.6. The van der Waals surface area contributed by atoms with Gasteiger partial charge in [-0.15, -0.1) is 11.3 Å². The number of thiophene rings is 1. The number of hydrogen-bond acceptors (Lipinski definition) is 5. The van der Waals surface area contributed by atoms with E-state index in [1.165, 1.54) is 18.4 Å². The van der Waals surface area contributed by atoms with Gasteiger partial charge in [0.2, 0.25) is 0 Å². The Balaban J connectivity index is 2.42. The molecule has 0 bridgehead atoms. The van der Waals surface area contributed by atoms with Gasteiger partial charge in [-0.25, -0.2) is 13.2 Å². The monoisotopic (exact) mass is 246 g/mol. The molecule has 0 aromatic carbocycles. The highest BCUT2D eigenvalue weighted by Gasteiger charge is 2.27. The summed E-state index contributed by atoms with van der Waals surface area (Å²) >= 11 is 1.32. The molecule has 6 heteroatoms. The molecule has 0 radical (unpaired) electrons. The number of esters is 1. The Morgan fingerprint density at radius 1 is 1.53 bits per heavy atom. The van der Waals surface area contributed by atoms with Crippen LogP contribution in [0.3, 0.4) is 0 Å². The third kappa shape index (κ3) is 1.91. The van der Waals surface area contributed by atoms with Gasteiger partial charge in [-0.3, -0.25) is 0 Å². The van der Waals surface area contributed by atoms with Crippen molar-refractivity contribution in [2.45, 2.75) is 12.2 Å². The Kier molecular flexibility index (Phi) is 2.56. The number of sulfone groups is 1. The Bertz CT molecular complexity index is 498. The van der Waals surface area contributed by atoms with Crippen LogP contribution in [0.25, 0.3) is 0 Å². The second-order valence-electron chi connectivity index (χ2n) is 3.38. The van der Waals surface area contributed by atoms with E-state index >= 15 is 0 Å². The zero-order valence-electron chi connectivity index (χ0n) is 8.15. The van der Waals surface area contributed by atoms with E-state index in [4.69, 9.17) is 0 Å². The standard InChI is InChI=1S/C9H10O4S2/c1-13-9(10)7-4-14-8-5-15(11,12)3-2-6(7)8/h4H,2-3,5H2,1H3. The lowest BCUT2D eigenvalue weighted by Gasteiger charge is -2.12. The topological polar surface area (TPSA) is 60.4 Å². The minimum Gasteiger partial charge on any atom is -0.465 e. The molecule has 0 unspecified atom stereocenters. The molecule has 1 aliphatic rings. The molecule has 0 spiro atoms. The van der Waals surface area contributed by atoms with Crippen molar-refractivity contribution in [3.63, 3.8) is 0 Å². The molecule has 0 fully saturated rings. The smallest absolute Gasteiger partial charge is 0.338 e. The second-order valence-corrected chi connectivity index (χ2v) is 6.53. The fraction of sp³-hybridized carbons (Fsp3) is 0.444. The molecule has 0 saturated heterocycles. The van der Waals surface area contributed by atoms with Gasteiger partial charge in [0.15, 0.2) is 9.84 Å². The van der Waals surface area contributed by atoms with Gasteiger partial charge in [0, 0.05) is 10.3 Å². The average Bonchev–Trinajstić information content (AvgIpc) is 2.57. The van der Waals surface area contributed by atoms with Crippen molar-refractivity contribution >= 4 is 27.1 Å². The molecule has 2 rings (SSSR count). The molecule has 0 saturated carbocycles. The van der Waals surface area contributed by atoms with Gasteiger partial charge < -0.3 is 4.74 Å². The summed E-state index contributed by atoms with van der Waals surface area (Å²) in [5.74, 6) is -0.197. The van der Waals surface area contributed by atoms with Crippen molar-refractivity contribution in [3.8, 4) is 0 Å². The fourth-order valence-electron chi connectivity index (χ4n) is 1.63. The molecule has 0 amide bonds. The van der Waals surface area contributed by atoms with Crippen LogP contribution in [0.5, 0.6) is 0 Å². The molecule has 2 heterocycles. The molecule has 4 nitrogen and oxygen atoms in total. The van der Waals surface area contributed by atoms with Crippen LogP contribution in [0.1, 0.15) is 20.8 Å². The van der Waals surface area contributed by atoms with Crippen LogP contribution >= 0.6 is 11.3 Å². The molecule has 82 valence electrons. The number of hydrogen-bond donors (Lipinski definition) is 0. The minimum atomic E-state index is -2.96. The third-order valence-electron chi connectivity index (χ3n) is 2.40. The summed E-state index contributed by atoms with van der Waals surface area (Å²) in [7, 11) is -1.63. The fourth-order valence-corrected chi connectivity index (χ4v) is 4.53. The summed E-state index contributed by atoms with van der Waals surface area (Å²) in [6.07, 6.45) is 0.422. The lowest BCUT2D eigenvalue weighted by atomic mass is 10.1. The molecule has 0 aliphatic carbocycles. The van der Waals surface area contributed by atoms with Crippen LogP contribution in [0.15, 0.2) is 5.38 Å². The van der Waals surface area contributed by atoms with Crippen LogP contribution in [0.2, 0.25) is 0 Å². The predicted octanol–water partition coefficient (Wildman–Crippen LogP) is 1.01. The number of carbonyl (C=O) groups is 1. The largest absolute Gasteiger partial charge is 0.465 e. The maximum atomic E-state index is 11.4. The van der Waals surface area contributed by atoms with Gasteiger partial charge in [-0.1, -0.05) is 0 Å². The van der Waals surface area contributed by atoms with Gasteiger partial charge in [0.05, 0.1) is 24.2 Å². The maximum absolute atomic E-state index is 11.4. The minimum absolute atomic E-state index is 0.0595. The Morgan fingerprint density at radius 2 is 2.27 bits per heavy atom. The third-order valence-corrected chi connectivity index (χ3v) is 5.17. The Labute approximate surface area is 91.8 Å². The van der Waals surface area contributed by atoms with E-state index in [0.29, 0.717) is 12.0 Å². The van der Waals surface area contributed by atoms with Crippen molar-refractivity contribution in [2.75, 3.05) is 12.9 Å². The average molecular weight is 246 g/mol. The summed E-state index contributed by atoms with van der Waals surface area (Å²) in [5.41, 5.74) is 1.37. The summed E-state index contributed by atoms with van der Waals surface area (Å²) in [5, 5.41) is 1.68. The van der Waals surface area contributed by atoms with Gasteiger partial charge in [-0.2, -0.15) is 0 Å². The van der Waals surface area contributed by atoms with Crippen LogP contribution in [0, 0.1) is 0 Å². The first-order valence-corrected chi connectivity index (χ1v) is 7.11. The van der Waals surface area contributed by atoms with Crippen molar-refractivity contribution < 1.29 is 17.9 Å². The van der Waals surface area contributed by atoms with Gasteiger partial charge in [0.1, 0.15) is 0 Å². The Morgan fingerprint density at radius 3 is 2.93 bits per heavy atom. The summed E-state index contributed by atoms with van der Waals surface area (Å²) < 4.78 is 27.3. The van der Waals surface area contributed by atoms with Crippen LogP contribution < -0.4 is 0 Å². The van der Waals surface area contributed by atoms with E-state index < -0.39 is 9.84 Å². The number of rotatable bonds is 1. The number of ether oxygens (including phenoxy) is 1. The molecule has 1 aromatic heterocycles. The SMILES string of the molecule is COC(=O)c1csc2c1CCS(=O)(=O)C2. The Hall–Kier alpha value is -0.880. The van der Waals surface area contributed by atoms with Gasteiger partial charge in [0.25, 0.3) is 0 Å². The van der Waals surface area contributed by atoms with E-state index in [0.717, 1.165) is 10.4 Å².